The topological polar surface area (TPSA) is 46.2 Å². The van der Waals surface area contributed by atoms with E-state index >= 15 is 0 Å². The summed E-state index contributed by atoms with van der Waals surface area (Å²) in [6.45, 7) is 2.90. The lowest BCUT2D eigenvalue weighted by Crippen LogP contribution is -2.29. The molecule has 2 rings (SSSR count). The third-order valence-corrected chi connectivity index (χ3v) is 5.38. The lowest BCUT2D eigenvalue weighted by atomic mass is 9.92. The van der Waals surface area contributed by atoms with Gasteiger partial charge >= 0.3 is 0 Å². The number of halogens is 1. The van der Waals surface area contributed by atoms with Crippen molar-refractivity contribution in [2.24, 2.45) is 5.92 Å². The SMILES string of the molecule is CCCNC(c1ccc(F)cc1)C1CCS(=O)(=O)C1. The Hall–Kier alpha value is -0.940. The van der Waals surface area contributed by atoms with Gasteiger partial charge in [-0.3, -0.25) is 0 Å². The van der Waals surface area contributed by atoms with Crippen LogP contribution < -0.4 is 5.32 Å². The Morgan fingerprint density at radius 1 is 1.37 bits per heavy atom. The highest BCUT2D eigenvalue weighted by Gasteiger charge is 2.34. The molecule has 2 unspecified atom stereocenters. The summed E-state index contributed by atoms with van der Waals surface area (Å²) in [5, 5.41) is 3.40. The second kappa shape index (κ2) is 6.01. The van der Waals surface area contributed by atoms with E-state index in [1.165, 1.54) is 12.1 Å². The molecule has 0 amide bonds. The Labute approximate surface area is 114 Å². The van der Waals surface area contributed by atoms with Gasteiger partial charge in [-0.2, -0.15) is 0 Å². The van der Waals surface area contributed by atoms with Crippen LogP contribution in [-0.4, -0.2) is 26.5 Å². The van der Waals surface area contributed by atoms with Crippen LogP contribution in [0.2, 0.25) is 0 Å². The summed E-state index contributed by atoms with van der Waals surface area (Å²) in [7, 11) is -2.90. The van der Waals surface area contributed by atoms with Crippen LogP contribution in [0.1, 0.15) is 31.4 Å². The minimum Gasteiger partial charge on any atom is -0.310 e. The second-order valence-electron chi connectivity index (χ2n) is 5.15. The van der Waals surface area contributed by atoms with E-state index < -0.39 is 9.84 Å². The highest BCUT2D eigenvalue weighted by molar-refractivity contribution is 7.91. The lowest BCUT2D eigenvalue weighted by molar-refractivity contribution is 0.392. The minimum atomic E-state index is -2.90. The van der Waals surface area contributed by atoms with E-state index in [9.17, 15) is 12.8 Å². The molecule has 0 aromatic heterocycles. The second-order valence-corrected chi connectivity index (χ2v) is 7.38. The highest BCUT2D eigenvalue weighted by Crippen LogP contribution is 2.31. The fourth-order valence-corrected chi connectivity index (χ4v) is 4.45. The van der Waals surface area contributed by atoms with E-state index in [0.717, 1.165) is 18.5 Å². The van der Waals surface area contributed by atoms with Crippen molar-refractivity contribution in [2.45, 2.75) is 25.8 Å². The molecule has 106 valence electrons. The van der Waals surface area contributed by atoms with Gasteiger partial charge in [0.15, 0.2) is 9.84 Å². The van der Waals surface area contributed by atoms with Gasteiger partial charge in [-0.05, 0) is 43.0 Å². The van der Waals surface area contributed by atoms with Crippen LogP contribution in [0.15, 0.2) is 24.3 Å². The quantitative estimate of drug-likeness (QED) is 0.903. The molecule has 1 aliphatic heterocycles. The molecule has 0 saturated carbocycles. The fraction of sp³-hybridized carbons (Fsp3) is 0.571. The number of hydrogen-bond donors (Lipinski definition) is 1. The fourth-order valence-electron chi connectivity index (χ4n) is 2.61. The number of sulfone groups is 1. The zero-order valence-electron chi connectivity index (χ0n) is 11.1. The zero-order chi connectivity index (χ0) is 13.9. The van der Waals surface area contributed by atoms with Crippen LogP contribution in [0, 0.1) is 11.7 Å². The van der Waals surface area contributed by atoms with Crippen LogP contribution >= 0.6 is 0 Å². The van der Waals surface area contributed by atoms with Crippen molar-refractivity contribution >= 4 is 9.84 Å². The van der Waals surface area contributed by atoms with Crippen molar-refractivity contribution in [3.63, 3.8) is 0 Å². The normalized spacial score (nSPS) is 23.4. The maximum Gasteiger partial charge on any atom is 0.150 e. The first-order valence-corrected chi connectivity index (χ1v) is 8.53. The number of rotatable bonds is 5. The third kappa shape index (κ3) is 3.76. The van der Waals surface area contributed by atoms with E-state index in [-0.39, 0.29) is 29.3 Å². The molecule has 2 atom stereocenters. The number of nitrogens with one attached hydrogen (secondary N) is 1. The molecule has 1 fully saturated rings. The Kier molecular flexibility index (Phi) is 4.58. The van der Waals surface area contributed by atoms with Gasteiger partial charge in [-0.1, -0.05) is 19.1 Å². The molecule has 5 heteroatoms. The van der Waals surface area contributed by atoms with E-state index in [1.807, 2.05) is 0 Å². The van der Waals surface area contributed by atoms with Crippen molar-refractivity contribution in [1.82, 2.24) is 5.32 Å². The molecule has 19 heavy (non-hydrogen) atoms. The van der Waals surface area contributed by atoms with Gasteiger partial charge in [0.25, 0.3) is 0 Å². The Bertz CT molecular complexity index is 513. The number of benzene rings is 1. The summed E-state index contributed by atoms with van der Waals surface area (Å²) in [5.41, 5.74) is 0.969. The monoisotopic (exact) mass is 285 g/mol. The molecule has 3 nitrogen and oxygen atoms in total. The van der Waals surface area contributed by atoms with Gasteiger partial charge in [-0.15, -0.1) is 0 Å². The molecule has 1 aliphatic rings. The highest BCUT2D eigenvalue weighted by atomic mass is 32.2. The molecule has 1 N–H and O–H groups in total. The van der Waals surface area contributed by atoms with Crippen LogP contribution in [0.25, 0.3) is 0 Å². The standard InChI is InChI=1S/C14H20FNO2S/c1-2-8-16-14(11-3-5-13(15)6-4-11)12-7-9-19(17,18)10-12/h3-6,12,14,16H,2,7-10H2,1H3. The smallest absolute Gasteiger partial charge is 0.150 e. The van der Waals surface area contributed by atoms with Crippen molar-refractivity contribution in [2.75, 3.05) is 18.1 Å². The van der Waals surface area contributed by atoms with Gasteiger partial charge < -0.3 is 5.32 Å². The predicted octanol–water partition coefficient (Wildman–Crippen LogP) is 2.30. The average molecular weight is 285 g/mol. The molecule has 1 heterocycles. The van der Waals surface area contributed by atoms with Gasteiger partial charge in [0, 0.05) is 6.04 Å². The first-order chi connectivity index (χ1) is 9.02. The Morgan fingerprint density at radius 3 is 2.58 bits per heavy atom. The molecule has 1 saturated heterocycles. The molecular weight excluding hydrogens is 265 g/mol. The Morgan fingerprint density at radius 2 is 2.05 bits per heavy atom. The van der Waals surface area contributed by atoms with Crippen LogP contribution in [-0.2, 0) is 9.84 Å². The molecule has 0 radical (unpaired) electrons. The molecule has 0 aliphatic carbocycles. The first kappa shape index (κ1) is 14.5. The summed E-state index contributed by atoms with van der Waals surface area (Å²) in [4.78, 5) is 0. The van der Waals surface area contributed by atoms with Gasteiger partial charge in [-0.25, -0.2) is 12.8 Å². The van der Waals surface area contributed by atoms with E-state index in [2.05, 4.69) is 12.2 Å². The van der Waals surface area contributed by atoms with Gasteiger partial charge in [0.05, 0.1) is 11.5 Å². The predicted molar refractivity (Wildman–Crippen MR) is 74.2 cm³/mol. The van der Waals surface area contributed by atoms with Crippen molar-refractivity contribution in [3.05, 3.63) is 35.6 Å². The van der Waals surface area contributed by atoms with Crippen LogP contribution in [0.3, 0.4) is 0 Å². The first-order valence-electron chi connectivity index (χ1n) is 6.71. The molecule has 1 aromatic rings. The van der Waals surface area contributed by atoms with Crippen molar-refractivity contribution in [3.8, 4) is 0 Å². The zero-order valence-corrected chi connectivity index (χ0v) is 11.9. The summed E-state index contributed by atoms with van der Waals surface area (Å²) in [5.74, 6) is 0.314. The van der Waals surface area contributed by atoms with Crippen molar-refractivity contribution in [1.29, 1.82) is 0 Å². The van der Waals surface area contributed by atoms with E-state index in [0.29, 0.717) is 6.42 Å². The van der Waals surface area contributed by atoms with E-state index in [1.54, 1.807) is 12.1 Å². The molecule has 0 spiro atoms. The Balaban J connectivity index is 2.18. The number of hydrogen-bond acceptors (Lipinski definition) is 3. The minimum absolute atomic E-state index is 0.00201. The maximum atomic E-state index is 13.0. The van der Waals surface area contributed by atoms with E-state index in [4.69, 9.17) is 0 Å². The third-order valence-electron chi connectivity index (χ3n) is 3.58. The summed E-state index contributed by atoms with van der Waals surface area (Å²) < 4.78 is 36.2. The average Bonchev–Trinajstić information content (AvgIpc) is 2.72. The summed E-state index contributed by atoms with van der Waals surface area (Å²) in [6.07, 6.45) is 1.66. The largest absolute Gasteiger partial charge is 0.310 e. The summed E-state index contributed by atoms with van der Waals surface area (Å²) in [6, 6.07) is 6.35. The van der Waals surface area contributed by atoms with Gasteiger partial charge in [0.1, 0.15) is 5.82 Å². The van der Waals surface area contributed by atoms with Crippen LogP contribution in [0.5, 0.6) is 0 Å². The van der Waals surface area contributed by atoms with Crippen LogP contribution in [0.4, 0.5) is 4.39 Å². The lowest BCUT2D eigenvalue weighted by Gasteiger charge is -2.24. The molecule has 0 bridgehead atoms. The summed E-state index contributed by atoms with van der Waals surface area (Å²) >= 11 is 0. The molecule has 1 aromatic carbocycles. The maximum absolute atomic E-state index is 13.0. The van der Waals surface area contributed by atoms with Gasteiger partial charge in [0.2, 0.25) is 0 Å². The van der Waals surface area contributed by atoms with Crippen molar-refractivity contribution < 1.29 is 12.8 Å². The molecular formula is C14H20FNO2S.